The lowest BCUT2D eigenvalue weighted by Crippen LogP contribution is -2.48. The van der Waals surface area contributed by atoms with Gasteiger partial charge in [0.1, 0.15) is 5.82 Å². The molecule has 3 N–H and O–H groups in total. The van der Waals surface area contributed by atoms with Crippen LogP contribution in [0.3, 0.4) is 0 Å². The van der Waals surface area contributed by atoms with Crippen molar-refractivity contribution in [1.29, 1.82) is 0 Å². The summed E-state index contributed by atoms with van der Waals surface area (Å²) in [6.45, 7) is 6.31. The number of aliphatic imine (C=N–C) groups is 1. The van der Waals surface area contributed by atoms with Gasteiger partial charge in [0.05, 0.1) is 6.54 Å². The summed E-state index contributed by atoms with van der Waals surface area (Å²) in [5, 5.41) is 8.78. The molecule has 0 radical (unpaired) electrons. The molecule has 0 aliphatic rings. The van der Waals surface area contributed by atoms with Crippen LogP contribution in [0.5, 0.6) is 0 Å². The molecule has 1 aromatic rings. The first-order valence-corrected chi connectivity index (χ1v) is 6.80. The fraction of sp³-hybridized carbons (Fsp3) is 0.467. The van der Waals surface area contributed by atoms with Gasteiger partial charge in [-0.3, -0.25) is 9.79 Å². The summed E-state index contributed by atoms with van der Waals surface area (Å²) in [6, 6.07) is 6.31. The zero-order valence-corrected chi connectivity index (χ0v) is 13.0. The zero-order chi connectivity index (χ0) is 15.9. The zero-order valence-electron chi connectivity index (χ0n) is 13.0. The van der Waals surface area contributed by atoms with Crippen molar-refractivity contribution in [3.63, 3.8) is 0 Å². The number of carbonyl (C=O) groups excluding carboxylic acids is 1. The van der Waals surface area contributed by atoms with Crippen molar-refractivity contribution in [2.24, 2.45) is 4.99 Å². The molecule has 0 aromatic heterocycles. The summed E-state index contributed by atoms with van der Waals surface area (Å²) in [6.07, 6.45) is 0. The highest BCUT2D eigenvalue weighted by molar-refractivity contribution is 5.86. The average Bonchev–Trinajstić information content (AvgIpc) is 2.37. The Kier molecular flexibility index (Phi) is 6.14. The molecule has 0 heterocycles. The van der Waals surface area contributed by atoms with Crippen molar-refractivity contribution in [3.05, 3.63) is 35.6 Å². The minimum Gasteiger partial charge on any atom is -0.352 e. The quantitative estimate of drug-likeness (QED) is 0.581. The van der Waals surface area contributed by atoms with E-state index in [0.717, 1.165) is 5.56 Å². The van der Waals surface area contributed by atoms with Crippen LogP contribution in [0, 0.1) is 5.82 Å². The summed E-state index contributed by atoms with van der Waals surface area (Å²) < 4.78 is 13.1. The van der Waals surface area contributed by atoms with Gasteiger partial charge in [0.15, 0.2) is 5.96 Å². The minimum atomic E-state index is -0.276. The van der Waals surface area contributed by atoms with Gasteiger partial charge in [0.25, 0.3) is 0 Å². The van der Waals surface area contributed by atoms with E-state index in [1.165, 1.54) is 12.1 Å². The van der Waals surface area contributed by atoms with E-state index in [4.69, 9.17) is 0 Å². The second-order valence-electron chi connectivity index (χ2n) is 5.71. The van der Waals surface area contributed by atoms with Crippen molar-refractivity contribution in [2.75, 3.05) is 13.6 Å². The first-order chi connectivity index (χ1) is 9.80. The molecule has 0 fully saturated rings. The normalized spacial score (nSPS) is 12.0. The van der Waals surface area contributed by atoms with E-state index in [-0.39, 0.29) is 23.8 Å². The molecule has 5 nitrogen and oxygen atoms in total. The molecule has 0 aliphatic heterocycles. The highest BCUT2D eigenvalue weighted by Gasteiger charge is 2.13. The molecular formula is C15H23FN4O. The van der Waals surface area contributed by atoms with Crippen LogP contribution in [0.4, 0.5) is 4.39 Å². The third kappa shape index (κ3) is 7.29. The van der Waals surface area contributed by atoms with E-state index in [9.17, 15) is 9.18 Å². The molecule has 116 valence electrons. The van der Waals surface area contributed by atoms with Crippen molar-refractivity contribution < 1.29 is 9.18 Å². The van der Waals surface area contributed by atoms with E-state index in [0.29, 0.717) is 12.5 Å². The molecule has 0 saturated carbocycles. The molecule has 6 heteroatoms. The predicted molar refractivity (Wildman–Crippen MR) is 82.5 cm³/mol. The number of hydrogen-bond donors (Lipinski definition) is 3. The van der Waals surface area contributed by atoms with Gasteiger partial charge in [-0.1, -0.05) is 12.1 Å². The maximum Gasteiger partial charge on any atom is 0.239 e. The molecule has 1 amide bonds. The van der Waals surface area contributed by atoms with Crippen molar-refractivity contribution in [2.45, 2.75) is 32.9 Å². The molecular weight excluding hydrogens is 271 g/mol. The third-order valence-electron chi connectivity index (χ3n) is 2.50. The summed E-state index contributed by atoms with van der Waals surface area (Å²) in [5.74, 6) is 0.0985. The number of guanidine groups is 1. The van der Waals surface area contributed by atoms with Gasteiger partial charge < -0.3 is 16.0 Å². The molecule has 1 rings (SSSR count). The van der Waals surface area contributed by atoms with Crippen LogP contribution in [0.1, 0.15) is 26.3 Å². The van der Waals surface area contributed by atoms with E-state index >= 15 is 0 Å². The Balaban J connectivity index is 2.41. The van der Waals surface area contributed by atoms with E-state index < -0.39 is 0 Å². The lowest BCUT2D eigenvalue weighted by molar-refractivity contribution is -0.121. The Bertz CT molecular complexity index is 509. The Morgan fingerprint density at radius 3 is 2.57 bits per heavy atom. The number of halogens is 1. The topological polar surface area (TPSA) is 65.5 Å². The first-order valence-electron chi connectivity index (χ1n) is 6.80. The summed E-state index contributed by atoms with van der Waals surface area (Å²) in [5.41, 5.74) is 0.536. The first kappa shape index (κ1) is 16.9. The van der Waals surface area contributed by atoms with E-state index in [1.54, 1.807) is 13.1 Å². The Labute approximate surface area is 125 Å². The van der Waals surface area contributed by atoms with Gasteiger partial charge in [-0.2, -0.15) is 0 Å². The number of rotatable bonds is 4. The predicted octanol–water partition coefficient (Wildman–Crippen LogP) is 1.41. The lowest BCUT2D eigenvalue weighted by Gasteiger charge is -2.21. The third-order valence-corrected chi connectivity index (χ3v) is 2.50. The Morgan fingerprint density at radius 2 is 2.00 bits per heavy atom. The SMILES string of the molecule is CN=C(NCC(=O)NC(C)(C)C)NCc1cccc(F)c1. The molecule has 0 bridgehead atoms. The lowest BCUT2D eigenvalue weighted by atomic mass is 10.1. The number of benzene rings is 1. The van der Waals surface area contributed by atoms with E-state index in [2.05, 4.69) is 20.9 Å². The summed E-state index contributed by atoms with van der Waals surface area (Å²) >= 11 is 0. The second kappa shape index (κ2) is 7.61. The number of amides is 1. The van der Waals surface area contributed by atoms with Crippen LogP contribution in [0.15, 0.2) is 29.3 Å². The molecule has 0 saturated heterocycles. The maximum absolute atomic E-state index is 13.1. The van der Waals surface area contributed by atoms with Crippen LogP contribution in [0.2, 0.25) is 0 Å². The number of nitrogens with zero attached hydrogens (tertiary/aromatic N) is 1. The summed E-state index contributed by atoms with van der Waals surface area (Å²) in [4.78, 5) is 15.7. The smallest absolute Gasteiger partial charge is 0.239 e. The highest BCUT2D eigenvalue weighted by Crippen LogP contribution is 2.02. The minimum absolute atomic E-state index is 0.115. The Morgan fingerprint density at radius 1 is 1.29 bits per heavy atom. The molecule has 1 aromatic carbocycles. The molecule has 0 unspecified atom stereocenters. The van der Waals surface area contributed by atoms with Crippen molar-refractivity contribution in [1.82, 2.24) is 16.0 Å². The van der Waals surface area contributed by atoms with Gasteiger partial charge in [-0.05, 0) is 38.5 Å². The van der Waals surface area contributed by atoms with Gasteiger partial charge in [0, 0.05) is 19.1 Å². The molecule has 0 aliphatic carbocycles. The van der Waals surface area contributed by atoms with Gasteiger partial charge >= 0.3 is 0 Å². The number of nitrogens with one attached hydrogen (secondary N) is 3. The van der Waals surface area contributed by atoms with Gasteiger partial charge in [0.2, 0.25) is 5.91 Å². The van der Waals surface area contributed by atoms with Crippen LogP contribution in [-0.2, 0) is 11.3 Å². The highest BCUT2D eigenvalue weighted by atomic mass is 19.1. The van der Waals surface area contributed by atoms with Crippen LogP contribution >= 0.6 is 0 Å². The van der Waals surface area contributed by atoms with Crippen LogP contribution in [0.25, 0.3) is 0 Å². The van der Waals surface area contributed by atoms with Gasteiger partial charge in [-0.25, -0.2) is 4.39 Å². The molecule has 0 spiro atoms. The second-order valence-corrected chi connectivity index (χ2v) is 5.71. The molecule has 21 heavy (non-hydrogen) atoms. The fourth-order valence-corrected chi connectivity index (χ4v) is 1.68. The van der Waals surface area contributed by atoms with E-state index in [1.807, 2.05) is 26.8 Å². The largest absolute Gasteiger partial charge is 0.352 e. The standard InChI is InChI=1S/C15H23FN4O/c1-15(2,3)20-13(21)10-19-14(17-4)18-9-11-6-5-7-12(16)8-11/h5-8H,9-10H2,1-4H3,(H,20,21)(H2,17,18,19). The van der Waals surface area contributed by atoms with Crippen molar-refractivity contribution in [3.8, 4) is 0 Å². The molecule has 0 atom stereocenters. The van der Waals surface area contributed by atoms with Crippen molar-refractivity contribution >= 4 is 11.9 Å². The Hall–Kier alpha value is -2.11. The maximum atomic E-state index is 13.1. The van der Waals surface area contributed by atoms with Crippen LogP contribution in [-0.4, -0.2) is 31.0 Å². The average molecular weight is 294 g/mol. The monoisotopic (exact) mass is 294 g/mol. The summed E-state index contributed by atoms with van der Waals surface area (Å²) in [7, 11) is 1.61. The number of carbonyl (C=O) groups is 1. The van der Waals surface area contributed by atoms with Gasteiger partial charge in [-0.15, -0.1) is 0 Å². The number of hydrogen-bond acceptors (Lipinski definition) is 2. The fourth-order valence-electron chi connectivity index (χ4n) is 1.68. The van der Waals surface area contributed by atoms with Crippen LogP contribution < -0.4 is 16.0 Å².